The number of hydrogen-bond donors (Lipinski definition) is 2. The minimum absolute atomic E-state index is 0.0913. The first-order valence-corrected chi connectivity index (χ1v) is 10.3. The van der Waals surface area contributed by atoms with Crippen LogP contribution in [0.1, 0.15) is 5.56 Å². The quantitative estimate of drug-likeness (QED) is 0.766. The van der Waals surface area contributed by atoms with Gasteiger partial charge in [0.15, 0.2) is 0 Å². The lowest BCUT2D eigenvalue weighted by Gasteiger charge is -2.19. The normalized spacial score (nSPS) is 12.7. The lowest BCUT2D eigenvalue weighted by molar-refractivity contribution is -0.137. The average molecular weight is 423 g/mol. The Bertz CT molecular complexity index is 1050. The van der Waals surface area contributed by atoms with Crippen LogP contribution in [0.4, 0.5) is 24.5 Å². The summed E-state index contributed by atoms with van der Waals surface area (Å²) in [5.41, 5.74) is -0.754. The van der Waals surface area contributed by atoms with Gasteiger partial charge in [0.2, 0.25) is 10.0 Å². The molecule has 0 saturated heterocycles. The maximum Gasteiger partial charge on any atom is 0.416 e. The van der Waals surface area contributed by atoms with E-state index in [2.05, 4.69) is 4.72 Å². The summed E-state index contributed by atoms with van der Waals surface area (Å²) < 4.78 is 88.1. The van der Waals surface area contributed by atoms with E-state index in [1.54, 1.807) is 14.1 Å². The summed E-state index contributed by atoms with van der Waals surface area (Å²) in [5.74, 6) is 0. The van der Waals surface area contributed by atoms with Crippen molar-refractivity contribution in [3.05, 3.63) is 48.0 Å². The Morgan fingerprint density at radius 2 is 1.44 bits per heavy atom. The fourth-order valence-electron chi connectivity index (χ4n) is 2.19. The maximum atomic E-state index is 12.6. The van der Waals surface area contributed by atoms with Gasteiger partial charge in [-0.3, -0.25) is 4.72 Å². The van der Waals surface area contributed by atoms with Gasteiger partial charge in [0.05, 0.1) is 26.7 Å². The van der Waals surface area contributed by atoms with Gasteiger partial charge >= 0.3 is 6.18 Å². The Morgan fingerprint density at radius 1 is 0.926 bits per heavy atom. The molecule has 0 fully saturated rings. The van der Waals surface area contributed by atoms with Gasteiger partial charge in [0.25, 0.3) is 10.0 Å². The molecule has 3 N–H and O–H groups in total. The van der Waals surface area contributed by atoms with Gasteiger partial charge < -0.3 is 4.90 Å². The van der Waals surface area contributed by atoms with Crippen LogP contribution < -0.4 is 14.8 Å². The third kappa shape index (κ3) is 4.90. The van der Waals surface area contributed by atoms with Crippen molar-refractivity contribution in [3.8, 4) is 0 Å². The molecule has 0 aliphatic carbocycles. The smallest absolute Gasteiger partial charge is 0.376 e. The van der Waals surface area contributed by atoms with Crippen LogP contribution in [0.3, 0.4) is 0 Å². The van der Waals surface area contributed by atoms with Gasteiger partial charge in [-0.25, -0.2) is 22.0 Å². The zero-order valence-electron chi connectivity index (χ0n) is 14.1. The Hall–Kier alpha value is -2.31. The van der Waals surface area contributed by atoms with E-state index >= 15 is 0 Å². The van der Waals surface area contributed by atoms with Gasteiger partial charge in [-0.2, -0.15) is 13.2 Å². The summed E-state index contributed by atoms with van der Waals surface area (Å²) >= 11 is 0. The zero-order chi connectivity index (χ0) is 20.6. The van der Waals surface area contributed by atoms with E-state index < -0.39 is 36.7 Å². The van der Waals surface area contributed by atoms with Crippen molar-refractivity contribution in [1.82, 2.24) is 0 Å². The highest BCUT2D eigenvalue weighted by atomic mass is 32.2. The number of sulfonamides is 2. The average Bonchev–Trinajstić information content (AvgIpc) is 2.52. The van der Waals surface area contributed by atoms with Crippen LogP contribution in [0.2, 0.25) is 0 Å². The number of anilines is 2. The molecule has 0 amide bonds. The van der Waals surface area contributed by atoms with Crippen molar-refractivity contribution >= 4 is 31.4 Å². The molecule has 0 saturated carbocycles. The highest BCUT2D eigenvalue weighted by molar-refractivity contribution is 7.92. The molecule has 2 aromatic carbocycles. The third-order valence-electron chi connectivity index (χ3n) is 3.51. The van der Waals surface area contributed by atoms with Crippen molar-refractivity contribution in [2.24, 2.45) is 5.14 Å². The molecule has 0 spiro atoms. The van der Waals surface area contributed by atoms with Crippen molar-refractivity contribution in [2.45, 2.75) is 16.0 Å². The number of nitrogens with zero attached hydrogens (tertiary/aromatic N) is 1. The van der Waals surface area contributed by atoms with E-state index in [0.29, 0.717) is 17.8 Å². The zero-order valence-corrected chi connectivity index (χ0v) is 15.8. The number of benzene rings is 2. The van der Waals surface area contributed by atoms with E-state index in [1.807, 2.05) is 0 Å². The molecule has 0 radical (unpaired) electrons. The number of hydrogen-bond acceptors (Lipinski definition) is 5. The van der Waals surface area contributed by atoms with Crippen LogP contribution in [0.25, 0.3) is 0 Å². The number of alkyl halides is 3. The first kappa shape index (κ1) is 21.0. The summed E-state index contributed by atoms with van der Waals surface area (Å²) in [7, 11) is -5.16. The SMILES string of the molecule is CN(C)c1ccc(S(N)(=O)=O)cc1NS(=O)(=O)c1ccc(C(F)(F)F)cc1. The molecule has 2 rings (SSSR count). The van der Waals surface area contributed by atoms with Crippen molar-refractivity contribution in [2.75, 3.05) is 23.7 Å². The molecular formula is C15H16F3N3O4S2. The number of nitrogens with one attached hydrogen (secondary N) is 1. The summed E-state index contributed by atoms with van der Waals surface area (Å²) in [6.45, 7) is 0. The second kappa shape index (κ2) is 7.02. The topological polar surface area (TPSA) is 110 Å². The third-order valence-corrected chi connectivity index (χ3v) is 5.81. The second-order valence-electron chi connectivity index (χ2n) is 5.75. The number of halogens is 3. The standard InChI is InChI=1S/C15H16F3N3O4S2/c1-21(2)14-8-7-12(26(19,22)23)9-13(14)20-27(24,25)11-5-3-10(4-6-11)15(16,17)18/h3-9,20H,1-2H3,(H2,19,22,23). The molecule has 0 aliphatic rings. The Morgan fingerprint density at radius 3 is 1.89 bits per heavy atom. The minimum atomic E-state index is -4.60. The summed E-state index contributed by atoms with van der Waals surface area (Å²) in [6.07, 6.45) is -4.60. The maximum absolute atomic E-state index is 12.6. The molecule has 0 heterocycles. The van der Waals surface area contributed by atoms with Gasteiger partial charge in [0, 0.05) is 14.1 Å². The lowest BCUT2D eigenvalue weighted by Crippen LogP contribution is -2.19. The fraction of sp³-hybridized carbons (Fsp3) is 0.200. The van der Waals surface area contributed by atoms with E-state index in [1.165, 1.54) is 17.0 Å². The van der Waals surface area contributed by atoms with Crippen LogP contribution in [0, 0.1) is 0 Å². The van der Waals surface area contributed by atoms with E-state index in [0.717, 1.165) is 18.2 Å². The lowest BCUT2D eigenvalue weighted by atomic mass is 10.2. The Balaban J connectivity index is 2.48. The first-order valence-electron chi connectivity index (χ1n) is 7.26. The molecule has 0 atom stereocenters. The summed E-state index contributed by atoms with van der Waals surface area (Å²) in [4.78, 5) is 0.789. The highest BCUT2D eigenvalue weighted by Gasteiger charge is 2.30. The largest absolute Gasteiger partial charge is 0.416 e. The molecule has 148 valence electrons. The van der Waals surface area contributed by atoms with Crippen LogP contribution in [-0.2, 0) is 26.2 Å². The summed E-state index contributed by atoms with van der Waals surface area (Å²) in [6, 6.07) is 6.50. The Labute approximate surface area is 154 Å². The fourth-order valence-corrected chi connectivity index (χ4v) is 3.80. The Kier molecular flexibility index (Phi) is 5.46. The van der Waals surface area contributed by atoms with Crippen molar-refractivity contribution < 1.29 is 30.0 Å². The monoisotopic (exact) mass is 423 g/mol. The van der Waals surface area contributed by atoms with Gasteiger partial charge in [-0.1, -0.05) is 0 Å². The molecule has 0 bridgehead atoms. The van der Waals surface area contributed by atoms with E-state index in [9.17, 15) is 30.0 Å². The number of nitrogens with two attached hydrogens (primary N) is 1. The van der Waals surface area contributed by atoms with Crippen molar-refractivity contribution in [3.63, 3.8) is 0 Å². The van der Waals surface area contributed by atoms with Gasteiger partial charge in [-0.15, -0.1) is 0 Å². The molecule has 0 aliphatic heterocycles. The molecule has 0 aromatic heterocycles. The predicted octanol–water partition coefficient (Wildman–Crippen LogP) is 2.22. The molecule has 2 aromatic rings. The van der Waals surface area contributed by atoms with E-state index in [-0.39, 0.29) is 10.6 Å². The highest BCUT2D eigenvalue weighted by Crippen LogP contribution is 2.32. The summed E-state index contributed by atoms with van der Waals surface area (Å²) in [5, 5.41) is 5.06. The molecule has 7 nitrogen and oxygen atoms in total. The van der Waals surface area contributed by atoms with Crippen LogP contribution in [-0.4, -0.2) is 30.9 Å². The van der Waals surface area contributed by atoms with Crippen LogP contribution >= 0.6 is 0 Å². The molecule has 12 heteroatoms. The predicted molar refractivity (Wildman–Crippen MR) is 94.4 cm³/mol. The van der Waals surface area contributed by atoms with Crippen LogP contribution in [0.15, 0.2) is 52.3 Å². The molecular weight excluding hydrogens is 407 g/mol. The van der Waals surface area contributed by atoms with Crippen LogP contribution in [0.5, 0.6) is 0 Å². The second-order valence-corrected chi connectivity index (χ2v) is 8.99. The van der Waals surface area contributed by atoms with Gasteiger partial charge in [-0.05, 0) is 42.5 Å². The molecule has 0 unspecified atom stereocenters. The van der Waals surface area contributed by atoms with E-state index in [4.69, 9.17) is 5.14 Å². The molecule has 27 heavy (non-hydrogen) atoms. The van der Waals surface area contributed by atoms with Crippen molar-refractivity contribution in [1.29, 1.82) is 0 Å². The number of rotatable bonds is 5. The minimum Gasteiger partial charge on any atom is -0.376 e. The first-order chi connectivity index (χ1) is 12.2. The number of primary sulfonamides is 1. The van der Waals surface area contributed by atoms with Gasteiger partial charge in [0.1, 0.15) is 0 Å².